The molecule has 0 amide bonds. The molecule has 0 saturated heterocycles. The van der Waals surface area contributed by atoms with Gasteiger partial charge in [-0.1, -0.05) is 19.9 Å². The van der Waals surface area contributed by atoms with E-state index in [2.05, 4.69) is 9.72 Å². The van der Waals surface area contributed by atoms with Crippen molar-refractivity contribution in [2.24, 2.45) is 0 Å². The van der Waals surface area contributed by atoms with E-state index in [9.17, 15) is 26.3 Å². The van der Waals surface area contributed by atoms with Gasteiger partial charge in [0.1, 0.15) is 6.61 Å². The lowest BCUT2D eigenvalue weighted by molar-refractivity contribution is -0.373. The lowest BCUT2D eigenvalue weighted by Gasteiger charge is -2.31. The molecule has 1 aromatic heterocycles. The molecule has 1 N–H and O–H groups in total. The van der Waals surface area contributed by atoms with Crippen LogP contribution in [-0.4, -0.2) is 34.7 Å². The van der Waals surface area contributed by atoms with Crippen LogP contribution in [0.25, 0.3) is 0 Å². The third kappa shape index (κ3) is 3.78. The monoisotopic (exact) mass is 317 g/mol. The van der Waals surface area contributed by atoms with Crippen molar-refractivity contribution >= 4 is 0 Å². The van der Waals surface area contributed by atoms with Crippen LogP contribution in [0.1, 0.15) is 25.5 Å². The maximum Gasteiger partial charge on any atom is 0.429 e. The average Bonchev–Trinajstić information content (AvgIpc) is 2.33. The third-order valence-corrected chi connectivity index (χ3v) is 2.70. The van der Waals surface area contributed by atoms with Crippen LogP contribution in [-0.2, 0) is 0 Å². The van der Waals surface area contributed by atoms with Crippen LogP contribution >= 0.6 is 0 Å². The van der Waals surface area contributed by atoms with Gasteiger partial charge in [0.25, 0.3) is 5.60 Å². The van der Waals surface area contributed by atoms with E-state index in [1.54, 1.807) is 19.9 Å². The van der Waals surface area contributed by atoms with E-state index in [1.807, 2.05) is 0 Å². The predicted octanol–water partition coefficient (Wildman–Crippen LogP) is 3.44. The average molecular weight is 317 g/mol. The maximum atomic E-state index is 12.4. The third-order valence-electron chi connectivity index (χ3n) is 2.70. The van der Waals surface area contributed by atoms with Crippen molar-refractivity contribution < 1.29 is 36.2 Å². The molecule has 120 valence electrons. The zero-order chi connectivity index (χ0) is 16.5. The van der Waals surface area contributed by atoms with E-state index in [0.29, 0.717) is 5.69 Å². The Morgan fingerprint density at radius 2 is 1.62 bits per heavy atom. The summed E-state index contributed by atoms with van der Waals surface area (Å²) in [4.78, 5) is 3.77. The van der Waals surface area contributed by atoms with Crippen molar-refractivity contribution in [1.29, 1.82) is 0 Å². The number of hydrogen-bond acceptors (Lipinski definition) is 3. The number of halogens is 6. The van der Waals surface area contributed by atoms with E-state index in [0.717, 1.165) is 6.07 Å². The Hall–Kier alpha value is -1.51. The van der Waals surface area contributed by atoms with Crippen molar-refractivity contribution in [2.75, 3.05) is 6.61 Å². The molecule has 0 aromatic carbocycles. The van der Waals surface area contributed by atoms with E-state index < -0.39 is 30.4 Å². The molecule has 0 radical (unpaired) electrons. The van der Waals surface area contributed by atoms with Gasteiger partial charge in [-0.25, -0.2) is 4.98 Å². The summed E-state index contributed by atoms with van der Waals surface area (Å²) in [7, 11) is 0. The van der Waals surface area contributed by atoms with Crippen LogP contribution in [0.5, 0.6) is 5.88 Å². The molecule has 0 fully saturated rings. The maximum absolute atomic E-state index is 12.4. The summed E-state index contributed by atoms with van der Waals surface area (Å²) in [5, 5.41) is 8.92. The highest BCUT2D eigenvalue weighted by Crippen LogP contribution is 2.43. The minimum atomic E-state index is -5.92. The Bertz CT molecular complexity index is 469. The minimum Gasteiger partial charge on any atom is -0.474 e. The van der Waals surface area contributed by atoms with Gasteiger partial charge in [0.15, 0.2) is 0 Å². The molecule has 0 aliphatic rings. The van der Waals surface area contributed by atoms with Crippen LogP contribution < -0.4 is 4.74 Å². The summed E-state index contributed by atoms with van der Waals surface area (Å²) in [6.45, 7) is 1.47. The SMILES string of the molecule is CC(C)c1cccc(OCC(O)(C(F)(F)F)C(F)(F)F)n1. The molecule has 1 heterocycles. The highest BCUT2D eigenvalue weighted by molar-refractivity contribution is 5.18. The van der Waals surface area contributed by atoms with Gasteiger partial charge < -0.3 is 9.84 Å². The molecule has 0 atom stereocenters. The second kappa shape index (κ2) is 5.70. The van der Waals surface area contributed by atoms with Gasteiger partial charge in [0, 0.05) is 11.8 Å². The standard InChI is InChI=1S/C12H13F6NO2/c1-7(2)8-4-3-5-9(19-8)21-6-10(20,11(13,14)15)12(16,17)18/h3-5,7,20H,6H2,1-2H3. The Morgan fingerprint density at radius 1 is 1.10 bits per heavy atom. The van der Waals surface area contributed by atoms with Crippen molar-refractivity contribution in [3.63, 3.8) is 0 Å². The molecule has 0 aliphatic heterocycles. The van der Waals surface area contributed by atoms with E-state index in [1.165, 1.54) is 6.07 Å². The first-order chi connectivity index (χ1) is 9.38. The Balaban J connectivity index is 2.96. The zero-order valence-electron chi connectivity index (χ0n) is 11.1. The summed E-state index contributed by atoms with van der Waals surface area (Å²) in [5.74, 6) is -0.509. The largest absolute Gasteiger partial charge is 0.474 e. The number of aromatic nitrogens is 1. The van der Waals surface area contributed by atoms with Gasteiger partial charge in [0.2, 0.25) is 5.88 Å². The number of pyridine rings is 1. The number of hydrogen-bond donors (Lipinski definition) is 1. The van der Waals surface area contributed by atoms with Gasteiger partial charge in [-0.2, -0.15) is 26.3 Å². The Morgan fingerprint density at radius 3 is 2.05 bits per heavy atom. The van der Waals surface area contributed by atoms with Crippen LogP contribution in [0.15, 0.2) is 18.2 Å². The fourth-order valence-corrected chi connectivity index (χ4v) is 1.34. The molecule has 21 heavy (non-hydrogen) atoms. The predicted molar refractivity (Wildman–Crippen MR) is 60.9 cm³/mol. The minimum absolute atomic E-state index is 0.0855. The van der Waals surface area contributed by atoms with Crippen molar-refractivity contribution in [1.82, 2.24) is 4.98 Å². The van der Waals surface area contributed by atoms with Crippen molar-refractivity contribution in [3.05, 3.63) is 23.9 Å². The van der Waals surface area contributed by atoms with E-state index in [4.69, 9.17) is 5.11 Å². The molecule has 0 spiro atoms. The second-order valence-electron chi connectivity index (χ2n) is 4.70. The zero-order valence-corrected chi connectivity index (χ0v) is 11.1. The molecular weight excluding hydrogens is 304 g/mol. The lowest BCUT2D eigenvalue weighted by atomic mass is 10.0. The molecular formula is C12H13F6NO2. The molecule has 1 rings (SSSR count). The topological polar surface area (TPSA) is 42.4 Å². The summed E-state index contributed by atoms with van der Waals surface area (Å²) < 4.78 is 79.1. The van der Waals surface area contributed by atoms with Gasteiger partial charge in [0.05, 0.1) is 0 Å². The van der Waals surface area contributed by atoms with Gasteiger partial charge in [-0.05, 0) is 12.0 Å². The molecule has 1 aromatic rings. The van der Waals surface area contributed by atoms with Gasteiger partial charge in [-0.15, -0.1) is 0 Å². The number of nitrogens with zero attached hydrogens (tertiary/aromatic N) is 1. The quantitative estimate of drug-likeness (QED) is 0.865. The second-order valence-corrected chi connectivity index (χ2v) is 4.70. The number of rotatable bonds is 4. The highest BCUT2D eigenvalue weighted by atomic mass is 19.4. The molecule has 0 aliphatic carbocycles. The summed E-state index contributed by atoms with van der Waals surface area (Å²) >= 11 is 0. The number of alkyl halides is 6. The van der Waals surface area contributed by atoms with E-state index in [-0.39, 0.29) is 5.92 Å². The summed E-state index contributed by atoms with van der Waals surface area (Å²) in [6.07, 6.45) is -11.8. The van der Waals surface area contributed by atoms with E-state index >= 15 is 0 Å². The van der Waals surface area contributed by atoms with Gasteiger partial charge in [-0.3, -0.25) is 0 Å². The lowest BCUT2D eigenvalue weighted by Crippen LogP contribution is -2.60. The van der Waals surface area contributed by atoms with Crippen molar-refractivity contribution in [3.8, 4) is 5.88 Å². The number of ether oxygens (including phenoxy) is 1. The first-order valence-electron chi connectivity index (χ1n) is 5.84. The Labute approximate surface area is 116 Å². The number of aliphatic hydroxyl groups is 1. The Kier molecular flexibility index (Phi) is 4.76. The van der Waals surface area contributed by atoms with Crippen LogP contribution in [0, 0.1) is 0 Å². The highest BCUT2D eigenvalue weighted by Gasteiger charge is 2.71. The first-order valence-corrected chi connectivity index (χ1v) is 5.84. The normalized spacial score (nSPS) is 13.6. The van der Waals surface area contributed by atoms with Crippen LogP contribution in [0.2, 0.25) is 0 Å². The van der Waals surface area contributed by atoms with Crippen LogP contribution in [0.4, 0.5) is 26.3 Å². The molecule has 0 bridgehead atoms. The molecule has 3 nitrogen and oxygen atoms in total. The van der Waals surface area contributed by atoms with Crippen molar-refractivity contribution in [2.45, 2.75) is 37.7 Å². The smallest absolute Gasteiger partial charge is 0.429 e. The van der Waals surface area contributed by atoms with Gasteiger partial charge >= 0.3 is 12.4 Å². The summed E-state index contributed by atoms with van der Waals surface area (Å²) in [5.41, 5.74) is -4.51. The first kappa shape index (κ1) is 17.5. The van der Waals surface area contributed by atoms with Crippen LogP contribution in [0.3, 0.4) is 0 Å². The molecule has 0 unspecified atom stereocenters. The molecule has 9 heteroatoms. The fraction of sp³-hybridized carbons (Fsp3) is 0.583. The summed E-state index contributed by atoms with van der Waals surface area (Å²) in [6, 6.07) is 4.05. The fourth-order valence-electron chi connectivity index (χ4n) is 1.34. The molecule has 0 saturated carbocycles.